The number of pyridine rings is 1. The van der Waals surface area contributed by atoms with Crippen molar-refractivity contribution >= 4 is 12.1 Å². The van der Waals surface area contributed by atoms with Crippen molar-refractivity contribution in [3.8, 4) is 0 Å². The zero-order chi connectivity index (χ0) is 12.6. The van der Waals surface area contributed by atoms with E-state index in [0.29, 0.717) is 0 Å². The van der Waals surface area contributed by atoms with Gasteiger partial charge in [-0.1, -0.05) is 13.8 Å². The molecule has 1 aromatic heterocycles. The van der Waals surface area contributed by atoms with Crippen LogP contribution in [0.5, 0.6) is 0 Å². The van der Waals surface area contributed by atoms with Gasteiger partial charge >= 0.3 is 0 Å². The summed E-state index contributed by atoms with van der Waals surface area (Å²) in [6, 6.07) is 3.95. The van der Waals surface area contributed by atoms with E-state index >= 15 is 0 Å². The standard InChI is InChI=1S/C8H13N3.C4H8O/c1-6(9)7-3-4-11-8(5-7)10-2;1-4(2)3-5/h3-6H,9H2,1-2H3,(H,10,11);3-4H,1-2H3. The molecular formula is C12H21N3O. The second-order valence-electron chi connectivity index (χ2n) is 3.89. The number of carbonyl (C=O) groups is 1. The van der Waals surface area contributed by atoms with E-state index in [1.54, 1.807) is 6.20 Å². The third-order valence-corrected chi connectivity index (χ3v) is 1.84. The maximum absolute atomic E-state index is 9.50. The molecule has 0 saturated carbocycles. The molecular weight excluding hydrogens is 202 g/mol. The van der Waals surface area contributed by atoms with Crippen molar-refractivity contribution in [2.75, 3.05) is 12.4 Å². The van der Waals surface area contributed by atoms with Gasteiger partial charge in [0, 0.05) is 25.2 Å². The normalized spacial score (nSPS) is 11.4. The van der Waals surface area contributed by atoms with Crippen molar-refractivity contribution in [1.82, 2.24) is 4.98 Å². The number of nitrogens with two attached hydrogens (primary N) is 1. The van der Waals surface area contributed by atoms with Gasteiger partial charge in [0.15, 0.2) is 0 Å². The van der Waals surface area contributed by atoms with E-state index in [2.05, 4.69) is 10.3 Å². The predicted octanol–water partition coefficient (Wildman–Crippen LogP) is 1.98. The molecule has 0 spiro atoms. The Labute approximate surface area is 97.3 Å². The van der Waals surface area contributed by atoms with Gasteiger partial charge in [-0.05, 0) is 24.6 Å². The molecule has 1 aromatic rings. The van der Waals surface area contributed by atoms with Crippen LogP contribution in [0.4, 0.5) is 5.82 Å². The van der Waals surface area contributed by atoms with Crippen LogP contribution < -0.4 is 11.1 Å². The first kappa shape index (κ1) is 14.6. The summed E-state index contributed by atoms with van der Waals surface area (Å²) in [6.07, 6.45) is 2.67. The Bertz CT molecular complexity index is 311. The maximum atomic E-state index is 9.50. The molecule has 1 atom stereocenters. The first-order valence-corrected chi connectivity index (χ1v) is 5.35. The van der Waals surface area contributed by atoms with Gasteiger partial charge in [0.2, 0.25) is 0 Å². The Kier molecular flexibility index (Phi) is 7.12. The summed E-state index contributed by atoms with van der Waals surface area (Å²) in [7, 11) is 1.84. The van der Waals surface area contributed by atoms with Crippen molar-refractivity contribution < 1.29 is 4.79 Å². The highest BCUT2D eigenvalue weighted by molar-refractivity contribution is 5.51. The van der Waals surface area contributed by atoms with Gasteiger partial charge in [-0.15, -0.1) is 0 Å². The van der Waals surface area contributed by atoms with Gasteiger partial charge in [0.05, 0.1) is 0 Å². The van der Waals surface area contributed by atoms with E-state index in [-0.39, 0.29) is 12.0 Å². The molecule has 0 aliphatic heterocycles. The van der Waals surface area contributed by atoms with Crippen LogP contribution in [-0.4, -0.2) is 18.3 Å². The zero-order valence-corrected chi connectivity index (χ0v) is 10.4. The van der Waals surface area contributed by atoms with Crippen molar-refractivity contribution in [3.63, 3.8) is 0 Å². The topological polar surface area (TPSA) is 68.0 Å². The van der Waals surface area contributed by atoms with Crippen molar-refractivity contribution in [1.29, 1.82) is 0 Å². The van der Waals surface area contributed by atoms with Crippen LogP contribution in [0.25, 0.3) is 0 Å². The van der Waals surface area contributed by atoms with Gasteiger partial charge in [-0.2, -0.15) is 0 Å². The second kappa shape index (κ2) is 7.82. The molecule has 90 valence electrons. The maximum Gasteiger partial charge on any atom is 0.125 e. The highest BCUT2D eigenvalue weighted by atomic mass is 16.1. The third kappa shape index (κ3) is 6.14. The minimum atomic E-state index is 0.0742. The minimum Gasteiger partial charge on any atom is -0.373 e. The summed E-state index contributed by atoms with van der Waals surface area (Å²) in [5.74, 6) is 1.06. The monoisotopic (exact) mass is 223 g/mol. The van der Waals surface area contributed by atoms with Crippen molar-refractivity contribution in [2.24, 2.45) is 11.7 Å². The molecule has 0 bridgehead atoms. The van der Waals surface area contributed by atoms with Gasteiger partial charge in [-0.3, -0.25) is 0 Å². The second-order valence-corrected chi connectivity index (χ2v) is 3.89. The molecule has 0 aliphatic carbocycles. The molecule has 3 N–H and O–H groups in total. The largest absolute Gasteiger partial charge is 0.373 e. The lowest BCUT2D eigenvalue weighted by molar-refractivity contribution is -0.110. The van der Waals surface area contributed by atoms with Gasteiger partial charge in [0.1, 0.15) is 12.1 Å². The third-order valence-electron chi connectivity index (χ3n) is 1.84. The van der Waals surface area contributed by atoms with Crippen LogP contribution in [0.2, 0.25) is 0 Å². The van der Waals surface area contributed by atoms with E-state index in [1.165, 1.54) is 0 Å². The molecule has 1 rings (SSSR count). The SMILES string of the molecule is CC(C)C=O.CNc1cc(C(C)N)ccn1. The van der Waals surface area contributed by atoms with Crippen molar-refractivity contribution in [2.45, 2.75) is 26.8 Å². The van der Waals surface area contributed by atoms with Gasteiger partial charge < -0.3 is 15.8 Å². The van der Waals surface area contributed by atoms with E-state index in [0.717, 1.165) is 17.7 Å². The molecule has 0 saturated heterocycles. The minimum absolute atomic E-state index is 0.0742. The summed E-state index contributed by atoms with van der Waals surface area (Å²) in [5, 5.41) is 2.96. The summed E-state index contributed by atoms with van der Waals surface area (Å²) in [4.78, 5) is 13.6. The highest BCUT2D eigenvalue weighted by Gasteiger charge is 1.98. The summed E-state index contributed by atoms with van der Waals surface area (Å²) in [5.41, 5.74) is 6.78. The van der Waals surface area contributed by atoms with Crippen LogP contribution >= 0.6 is 0 Å². The molecule has 0 aromatic carbocycles. The fourth-order valence-corrected chi connectivity index (χ4v) is 0.867. The first-order valence-electron chi connectivity index (χ1n) is 5.35. The Morgan fingerprint density at radius 1 is 1.44 bits per heavy atom. The van der Waals surface area contributed by atoms with Crippen LogP contribution in [0.1, 0.15) is 32.4 Å². The lowest BCUT2D eigenvalue weighted by Crippen LogP contribution is -2.05. The molecule has 4 heteroatoms. The Hall–Kier alpha value is -1.42. The van der Waals surface area contributed by atoms with E-state index in [9.17, 15) is 4.79 Å². The van der Waals surface area contributed by atoms with E-state index in [4.69, 9.17) is 5.73 Å². The van der Waals surface area contributed by atoms with Crippen LogP contribution in [0, 0.1) is 5.92 Å². The number of anilines is 1. The molecule has 0 fully saturated rings. The molecule has 0 aliphatic rings. The number of nitrogens with one attached hydrogen (secondary N) is 1. The number of carbonyl (C=O) groups excluding carboxylic acids is 1. The molecule has 1 unspecified atom stereocenters. The summed E-state index contributed by atoms with van der Waals surface area (Å²) >= 11 is 0. The molecule has 0 amide bonds. The van der Waals surface area contributed by atoms with Gasteiger partial charge in [-0.25, -0.2) is 4.98 Å². The summed E-state index contributed by atoms with van der Waals surface area (Å²) in [6.45, 7) is 5.66. The smallest absolute Gasteiger partial charge is 0.125 e. The lowest BCUT2D eigenvalue weighted by Gasteiger charge is -2.06. The summed E-state index contributed by atoms with van der Waals surface area (Å²) < 4.78 is 0. The molecule has 0 radical (unpaired) electrons. The van der Waals surface area contributed by atoms with Crippen LogP contribution in [0.15, 0.2) is 18.3 Å². The molecule has 16 heavy (non-hydrogen) atoms. The van der Waals surface area contributed by atoms with Gasteiger partial charge in [0.25, 0.3) is 0 Å². The Morgan fingerprint density at radius 2 is 2.00 bits per heavy atom. The molecule has 4 nitrogen and oxygen atoms in total. The van der Waals surface area contributed by atoms with Crippen LogP contribution in [-0.2, 0) is 4.79 Å². The number of hydrogen-bond acceptors (Lipinski definition) is 4. The van der Waals surface area contributed by atoms with E-state index in [1.807, 2.05) is 40.0 Å². The number of aldehydes is 1. The lowest BCUT2D eigenvalue weighted by atomic mass is 10.1. The zero-order valence-electron chi connectivity index (χ0n) is 10.4. The van der Waals surface area contributed by atoms with E-state index < -0.39 is 0 Å². The quantitative estimate of drug-likeness (QED) is 0.769. The Morgan fingerprint density at radius 3 is 2.38 bits per heavy atom. The number of nitrogens with zero attached hydrogens (tertiary/aromatic N) is 1. The number of aromatic nitrogens is 1. The average Bonchev–Trinajstić information content (AvgIpc) is 2.29. The fraction of sp³-hybridized carbons (Fsp3) is 0.500. The number of rotatable bonds is 3. The average molecular weight is 223 g/mol. The first-order chi connectivity index (χ1) is 7.51. The highest BCUT2D eigenvalue weighted by Crippen LogP contribution is 2.11. The number of hydrogen-bond donors (Lipinski definition) is 2. The van der Waals surface area contributed by atoms with Crippen molar-refractivity contribution in [3.05, 3.63) is 23.9 Å². The van der Waals surface area contributed by atoms with Crippen LogP contribution in [0.3, 0.4) is 0 Å². The fourth-order valence-electron chi connectivity index (χ4n) is 0.867. The Balaban J connectivity index is 0.000000385. The molecule has 1 heterocycles. The predicted molar refractivity (Wildman–Crippen MR) is 67.3 cm³/mol.